The molecule has 7 heterocycles. The maximum absolute atomic E-state index is 4.18. The van der Waals surface area contributed by atoms with Gasteiger partial charge in [-0.3, -0.25) is 24.9 Å². The second-order valence-electron chi connectivity index (χ2n) is 18.2. The molecule has 0 amide bonds. The molecule has 0 aromatic carbocycles. The van der Waals surface area contributed by atoms with Crippen LogP contribution in [0.4, 0.5) is 0 Å². The summed E-state index contributed by atoms with van der Waals surface area (Å²) in [6, 6.07) is 19.9. The minimum Gasteiger partial charge on any atom is -0.265 e. The molecule has 0 saturated carbocycles. The predicted octanol–water partition coefficient (Wildman–Crippen LogP) is 23.5. The first kappa shape index (κ1) is 99.8. The van der Waals surface area contributed by atoms with Crippen molar-refractivity contribution in [3.63, 3.8) is 0 Å². The first-order chi connectivity index (χ1) is 39.9. The molecule has 0 bridgehead atoms. The van der Waals surface area contributed by atoms with E-state index >= 15 is 0 Å². The molecule has 7 aromatic rings. The van der Waals surface area contributed by atoms with Crippen LogP contribution in [-0.2, 0) is 0 Å². The highest BCUT2D eigenvalue weighted by molar-refractivity contribution is 5.14. The maximum Gasteiger partial charge on any atom is 0.130 e. The van der Waals surface area contributed by atoms with Crippen molar-refractivity contribution < 1.29 is 0 Å². The molecule has 0 atom stereocenters. The summed E-state index contributed by atoms with van der Waals surface area (Å²) in [4.78, 5) is 36.1. The number of pyridine rings is 3. The molecule has 0 saturated heterocycles. The summed E-state index contributed by atoms with van der Waals surface area (Å²) < 4.78 is 0. The van der Waals surface area contributed by atoms with Gasteiger partial charge < -0.3 is 0 Å². The molecule has 84 heavy (non-hydrogen) atoms. The van der Waals surface area contributed by atoms with Gasteiger partial charge in [0.2, 0.25) is 0 Å². The van der Waals surface area contributed by atoms with Gasteiger partial charge in [-0.15, -0.1) is 0 Å². The van der Waals surface area contributed by atoms with Crippen molar-refractivity contribution >= 4 is 0 Å². The normalized spacial score (nSPS) is 8.58. The summed E-state index contributed by atoms with van der Waals surface area (Å²) in [5, 5.41) is 7.68. The molecule has 0 fully saturated rings. The van der Waals surface area contributed by atoms with Gasteiger partial charge in [0.1, 0.15) is 12.2 Å². The average molecular weight is 1170 g/mol. The molecular weight excluding hydrogens is 1030 g/mol. The molecule has 0 unspecified atom stereocenters. The SMILES string of the molecule is C.CC.CC.CC.CC.CC.CC.CC.CC.CC(C)C.CC(C)c1ccccn1.CC(C)c1cccnc1.CC(C)c1cccnn1.CC(C)c1ccncc1.CC(C)c1cnccn1.CC(C)c1cncnc1.CC(C)c1ncccn1. The topological polar surface area (TPSA) is 142 Å². The van der Waals surface area contributed by atoms with E-state index in [0.29, 0.717) is 41.4 Å². The van der Waals surface area contributed by atoms with Gasteiger partial charge in [0.05, 0.1) is 11.4 Å². The summed E-state index contributed by atoms with van der Waals surface area (Å²) in [6.45, 7) is 68.3. The van der Waals surface area contributed by atoms with Crippen LogP contribution in [0.5, 0.6) is 0 Å². The van der Waals surface area contributed by atoms with Crippen LogP contribution in [-0.4, -0.2) is 55.1 Å². The zero-order chi connectivity index (χ0) is 66.4. The van der Waals surface area contributed by atoms with Crippen LogP contribution < -0.4 is 0 Å². The van der Waals surface area contributed by atoms with Crippen LogP contribution in [0.25, 0.3) is 0 Å². The van der Waals surface area contributed by atoms with Crippen molar-refractivity contribution in [2.75, 3.05) is 0 Å². The molecule has 482 valence electrons. The molecule has 0 aliphatic rings. The largest absolute Gasteiger partial charge is 0.265 e. The lowest BCUT2D eigenvalue weighted by Crippen LogP contribution is -1.93. The molecule has 11 heteroatoms. The molecule has 0 aliphatic heterocycles. The summed E-state index contributed by atoms with van der Waals surface area (Å²) in [5.41, 5.74) is 7.12. The Balaban J connectivity index is -0.0000000902. The molecule has 0 N–H and O–H groups in total. The highest BCUT2D eigenvalue weighted by atomic mass is 15.1. The van der Waals surface area contributed by atoms with Crippen molar-refractivity contribution in [1.82, 2.24) is 55.1 Å². The standard InChI is InChI=1S/3C8H11N.4C7H10N2.C4H10.8C2H6.CH4/c1-7(2)8-3-5-9-6-4-8;1-7(2)8-4-3-5-9-6-8;1-7(2)8-5-3-4-6-9-8;1-6(2)7-3-8-5-9-4-7;1-6(2)7-5-8-3-4-9-7;1-6(2)7-8-4-3-5-9-7;1-6(2)7-4-3-5-8-9-7;1-4(2)3;8*1-2;/h3*3-7H,1-2H3;4*3-6H,1-2H3;4H,1-3H3;8*1-2H3;1H4. The lowest BCUT2D eigenvalue weighted by molar-refractivity contribution is 0.737. The summed E-state index contributed by atoms with van der Waals surface area (Å²) in [6.07, 6.45) is 24.8. The second kappa shape index (κ2) is 81.0. The lowest BCUT2D eigenvalue weighted by Gasteiger charge is -2.01. The molecule has 11 nitrogen and oxygen atoms in total. The predicted molar refractivity (Wildman–Crippen MR) is 377 cm³/mol. The van der Waals surface area contributed by atoms with Crippen molar-refractivity contribution in [2.24, 2.45) is 5.92 Å². The summed E-state index contributed by atoms with van der Waals surface area (Å²) in [5.74, 6) is 5.45. The van der Waals surface area contributed by atoms with Gasteiger partial charge in [-0.1, -0.05) is 248 Å². The number of aromatic nitrogens is 11. The van der Waals surface area contributed by atoms with Gasteiger partial charge in [0, 0.05) is 92.2 Å². The number of rotatable bonds is 7. The van der Waals surface area contributed by atoms with Gasteiger partial charge in [-0.2, -0.15) is 10.2 Å². The Hall–Kier alpha value is -6.23. The Bertz CT molecular complexity index is 1660. The molecule has 0 aliphatic carbocycles. The quantitative estimate of drug-likeness (QED) is 0.151. The van der Waals surface area contributed by atoms with E-state index in [9.17, 15) is 0 Å². The zero-order valence-corrected chi connectivity index (χ0v) is 59.9. The van der Waals surface area contributed by atoms with Crippen molar-refractivity contribution in [1.29, 1.82) is 0 Å². The van der Waals surface area contributed by atoms with Crippen LogP contribution in [0.1, 0.15) is 317 Å². The molecule has 0 radical (unpaired) electrons. The van der Waals surface area contributed by atoms with Gasteiger partial charge >= 0.3 is 0 Å². The third-order valence-electron chi connectivity index (χ3n) is 8.71. The van der Waals surface area contributed by atoms with E-state index in [1.54, 1.807) is 49.7 Å². The minimum absolute atomic E-state index is 0. The van der Waals surface area contributed by atoms with Gasteiger partial charge in [0.25, 0.3) is 0 Å². The first-order valence-electron chi connectivity index (χ1n) is 31.6. The van der Waals surface area contributed by atoms with E-state index in [-0.39, 0.29) is 7.43 Å². The van der Waals surface area contributed by atoms with Crippen LogP contribution in [0, 0.1) is 5.92 Å². The van der Waals surface area contributed by atoms with Crippen LogP contribution in [0.3, 0.4) is 0 Å². The fourth-order valence-electron chi connectivity index (χ4n) is 4.63. The Kier molecular flexibility index (Phi) is 96.2. The monoisotopic (exact) mass is 1170 g/mol. The third kappa shape index (κ3) is 70.0. The highest BCUT2D eigenvalue weighted by Crippen LogP contribution is 2.13. The van der Waals surface area contributed by atoms with E-state index < -0.39 is 0 Å². The van der Waals surface area contributed by atoms with Gasteiger partial charge in [-0.05, 0) is 107 Å². The van der Waals surface area contributed by atoms with E-state index in [4.69, 9.17) is 0 Å². The number of nitrogens with zero attached hydrogens (tertiary/aromatic N) is 11. The highest BCUT2D eigenvalue weighted by Gasteiger charge is 2.00. The molecular formula is C73H135N11. The van der Waals surface area contributed by atoms with Crippen LogP contribution in [0.15, 0.2) is 148 Å². The average Bonchev–Trinajstić information content (AvgIpc) is 3.55. The molecule has 7 rings (SSSR count). The third-order valence-corrected chi connectivity index (χ3v) is 8.71. The number of hydrogen-bond donors (Lipinski definition) is 0. The van der Waals surface area contributed by atoms with Crippen molar-refractivity contribution in [3.8, 4) is 0 Å². The van der Waals surface area contributed by atoms with Crippen molar-refractivity contribution in [3.05, 3.63) is 187 Å². The van der Waals surface area contributed by atoms with E-state index in [0.717, 1.165) is 28.8 Å². The molecule has 0 spiro atoms. The summed E-state index contributed by atoms with van der Waals surface area (Å²) in [7, 11) is 0. The first-order valence-corrected chi connectivity index (χ1v) is 31.6. The lowest BCUT2D eigenvalue weighted by atomic mass is 10.1. The Morgan fingerprint density at radius 3 is 0.905 bits per heavy atom. The Morgan fingerprint density at radius 1 is 0.262 bits per heavy atom. The smallest absolute Gasteiger partial charge is 0.130 e. The molecule has 7 aromatic heterocycles. The minimum atomic E-state index is 0. The summed E-state index contributed by atoms with van der Waals surface area (Å²) >= 11 is 0. The van der Waals surface area contributed by atoms with E-state index in [1.165, 1.54) is 16.7 Å². The number of hydrogen-bond acceptors (Lipinski definition) is 11. The van der Waals surface area contributed by atoms with E-state index in [2.05, 4.69) is 179 Å². The van der Waals surface area contributed by atoms with Crippen LogP contribution >= 0.6 is 0 Å². The second-order valence-corrected chi connectivity index (χ2v) is 18.2. The maximum atomic E-state index is 4.18. The fraction of sp³-hybridized carbons (Fsp3) is 0.575. The van der Waals surface area contributed by atoms with Crippen molar-refractivity contribution in [2.45, 2.75) is 277 Å². The van der Waals surface area contributed by atoms with Gasteiger partial charge in [-0.25, -0.2) is 19.9 Å². The zero-order valence-electron chi connectivity index (χ0n) is 59.9. The Morgan fingerprint density at radius 2 is 0.655 bits per heavy atom. The van der Waals surface area contributed by atoms with Gasteiger partial charge in [0.15, 0.2) is 0 Å². The Labute approximate surface area is 523 Å². The van der Waals surface area contributed by atoms with Crippen LogP contribution in [0.2, 0.25) is 0 Å². The van der Waals surface area contributed by atoms with E-state index in [1.807, 2.05) is 203 Å². The fourth-order valence-corrected chi connectivity index (χ4v) is 4.63.